The lowest BCUT2D eigenvalue weighted by Crippen LogP contribution is -2.31. The second-order valence-electron chi connectivity index (χ2n) is 4.89. The number of nitrogens with one attached hydrogen (secondary N) is 2. The van der Waals surface area contributed by atoms with E-state index in [9.17, 15) is 4.79 Å². The molecule has 21 heavy (non-hydrogen) atoms. The average Bonchev–Trinajstić information content (AvgIpc) is 2.47. The van der Waals surface area contributed by atoms with Crippen LogP contribution in [0.15, 0.2) is 36.5 Å². The van der Waals surface area contributed by atoms with Crippen molar-refractivity contribution in [3.63, 3.8) is 0 Å². The highest BCUT2D eigenvalue weighted by molar-refractivity contribution is 5.94. The molecule has 0 bridgehead atoms. The van der Waals surface area contributed by atoms with Crippen LogP contribution in [0.25, 0.3) is 0 Å². The molecule has 1 heterocycles. The van der Waals surface area contributed by atoms with E-state index in [1.807, 2.05) is 44.2 Å². The van der Waals surface area contributed by atoms with Gasteiger partial charge < -0.3 is 10.6 Å². The van der Waals surface area contributed by atoms with E-state index < -0.39 is 0 Å². The maximum absolute atomic E-state index is 11.9. The molecule has 0 saturated heterocycles. The molecule has 1 aromatic carbocycles. The van der Waals surface area contributed by atoms with E-state index in [0.29, 0.717) is 25.2 Å². The van der Waals surface area contributed by atoms with Gasteiger partial charge in [0, 0.05) is 31.4 Å². The smallest absolute Gasteiger partial charge is 0.251 e. The monoisotopic (exact) mass is 284 g/mol. The van der Waals surface area contributed by atoms with Crippen LogP contribution in [0.2, 0.25) is 0 Å². The van der Waals surface area contributed by atoms with E-state index >= 15 is 0 Å². The predicted octanol–water partition coefficient (Wildman–Crippen LogP) is 1.61. The third kappa shape index (κ3) is 4.96. The van der Waals surface area contributed by atoms with E-state index in [-0.39, 0.29) is 5.91 Å². The van der Waals surface area contributed by atoms with E-state index in [2.05, 4.69) is 20.6 Å². The quantitative estimate of drug-likeness (QED) is 0.791. The maximum atomic E-state index is 11.9. The summed E-state index contributed by atoms with van der Waals surface area (Å²) >= 11 is 0. The lowest BCUT2D eigenvalue weighted by molar-refractivity contribution is 0.0954. The highest BCUT2D eigenvalue weighted by Gasteiger charge is 2.03. The van der Waals surface area contributed by atoms with Crippen LogP contribution in [0, 0.1) is 13.8 Å². The number of rotatable bonds is 6. The number of amides is 1. The largest absolute Gasteiger partial charge is 0.351 e. The topological polar surface area (TPSA) is 66.9 Å². The minimum Gasteiger partial charge on any atom is -0.351 e. The molecule has 0 spiro atoms. The molecule has 0 atom stereocenters. The molecule has 1 aromatic heterocycles. The molecule has 0 saturated carbocycles. The third-order valence-corrected chi connectivity index (χ3v) is 3.04. The van der Waals surface area contributed by atoms with Gasteiger partial charge in [0.25, 0.3) is 5.91 Å². The van der Waals surface area contributed by atoms with E-state index in [1.165, 1.54) is 0 Å². The summed E-state index contributed by atoms with van der Waals surface area (Å²) in [6.45, 7) is 5.81. The lowest BCUT2D eigenvalue weighted by Gasteiger charge is -2.07. The lowest BCUT2D eigenvalue weighted by atomic mass is 10.1. The van der Waals surface area contributed by atoms with Gasteiger partial charge in [-0.3, -0.25) is 4.79 Å². The Balaban J connectivity index is 1.68. The summed E-state index contributed by atoms with van der Waals surface area (Å²) in [6.07, 6.45) is 1.75. The summed E-state index contributed by atoms with van der Waals surface area (Å²) in [5, 5.41) is 6.12. The van der Waals surface area contributed by atoms with Crippen LogP contribution < -0.4 is 10.6 Å². The summed E-state index contributed by atoms with van der Waals surface area (Å²) in [4.78, 5) is 20.2. The Kier molecular flexibility index (Phi) is 5.40. The molecule has 0 radical (unpaired) electrons. The summed E-state index contributed by atoms with van der Waals surface area (Å²) in [6, 6.07) is 9.42. The standard InChI is InChI=1S/C16H20N4O/c1-12-3-5-14(6-4-12)16(21)19-10-9-17-11-15-7-8-18-13(2)20-15/h3-8,17H,9-11H2,1-2H3,(H,19,21). The average molecular weight is 284 g/mol. The zero-order chi connectivity index (χ0) is 15.1. The van der Waals surface area contributed by atoms with Gasteiger partial charge in [0.15, 0.2) is 0 Å². The first kappa shape index (κ1) is 15.1. The Bertz CT molecular complexity index is 595. The fourth-order valence-electron chi connectivity index (χ4n) is 1.89. The highest BCUT2D eigenvalue weighted by atomic mass is 16.1. The second kappa shape index (κ2) is 7.50. The van der Waals surface area contributed by atoms with E-state index in [4.69, 9.17) is 0 Å². The molecule has 110 valence electrons. The van der Waals surface area contributed by atoms with Crippen molar-refractivity contribution in [3.8, 4) is 0 Å². The van der Waals surface area contributed by atoms with Crippen LogP contribution >= 0.6 is 0 Å². The Morgan fingerprint density at radius 2 is 1.86 bits per heavy atom. The number of hydrogen-bond acceptors (Lipinski definition) is 4. The van der Waals surface area contributed by atoms with Gasteiger partial charge in [-0.25, -0.2) is 9.97 Å². The van der Waals surface area contributed by atoms with Crippen molar-refractivity contribution in [1.82, 2.24) is 20.6 Å². The Morgan fingerprint density at radius 1 is 1.10 bits per heavy atom. The molecule has 0 fully saturated rings. The van der Waals surface area contributed by atoms with Gasteiger partial charge in [-0.05, 0) is 32.0 Å². The maximum Gasteiger partial charge on any atom is 0.251 e. The molecule has 2 aromatic rings. The van der Waals surface area contributed by atoms with Gasteiger partial charge in [-0.2, -0.15) is 0 Å². The summed E-state index contributed by atoms with van der Waals surface area (Å²) < 4.78 is 0. The second-order valence-corrected chi connectivity index (χ2v) is 4.89. The molecule has 0 aliphatic rings. The Hall–Kier alpha value is -2.27. The zero-order valence-electron chi connectivity index (χ0n) is 12.4. The normalized spacial score (nSPS) is 10.4. The molecule has 5 nitrogen and oxygen atoms in total. The van der Waals surface area contributed by atoms with Crippen molar-refractivity contribution in [2.75, 3.05) is 13.1 Å². The van der Waals surface area contributed by atoms with Gasteiger partial charge >= 0.3 is 0 Å². The highest BCUT2D eigenvalue weighted by Crippen LogP contribution is 2.02. The van der Waals surface area contributed by atoms with E-state index in [0.717, 1.165) is 17.1 Å². The van der Waals surface area contributed by atoms with Gasteiger partial charge in [0.1, 0.15) is 5.82 Å². The van der Waals surface area contributed by atoms with Gasteiger partial charge in [-0.1, -0.05) is 17.7 Å². The van der Waals surface area contributed by atoms with Crippen molar-refractivity contribution in [1.29, 1.82) is 0 Å². The molecular weight excluding hydrogens is 264 g/mol. The number of carbonyl (C=O) groups excluding carboxylic acids is 1. The SMILES string of the molecule is Cc1ccc(C(=O)NCCNCc2ccnc(C)n2)cc1. The van der Waals surface area contributed by atoms with Gasteiger partial charge in [0.05, 0.1) is 5.69 Å². The summed E-state index contributed by atoms with van der Waals surface area (Å²) in [5.41, 5.74) is 2.78. The summed E-state index contributed by atoms with van der Waals surface area (Å²) in [7, 11) is 0. The molecule has 1 amide bonds. The van der Waals surface area contributed by atoms with Crippen molar-refractivity contribution in [2.45, 2.75) is 20.4 Å². The third-order valence-electron chi connectivity index (χ3n) is 3.04. The first-order valence-corrected chi connectivity index (χ1v) is 6.99. The number of carbonyl (C=O) groups is 1. The molecule has 0 unspecified atom stereocenters. The first-order valence-electron chi connectivity index (χ1n) is 6.99. The minimum atomic E-state index is -0.0466. The molecule has 2 rings (SSSR count). The van der Waals surface area contributed by atoms with Gasteiger partial charge in [-0.15, -0.1) is 0 Å². The van der Waals surface area contributed by atoms with Crippen LogP contribution in [0.4, 0.5) is 0 Å². The Morgan fingerprint density at radius 3 is 2.57 bits per heavy atom. The van der Waals surface area contributed by atoms with Crippen LogP contribution in [0.5, 0.6) is 0 Å². The number of aryl methyl sites for hydroxylation is 2. The first-order chi connectivity index (χ1) is 10.1. The molecular formula is C16H20N4O. The van der Waals surface area contributed by atoms with E-state index in [1.54, 1.807) is 6.20 Å². The van der Waals surface area contributed by atoms with Crippen molar-refractivity contribution in [3.05, 3.63) is 59.2 Å². The molecule has 0 aliphatic heterocycles. The van der Waals surface area contributed by atoms with Crippen molar-refractivity contribution < 1.29 is 4.79 Å². The zero-order valence-corrected chi connectivity index (χ0v) is 12.4. The van der Waals surface area contributed by atoms with Crippen LogP contribution in [0.3, 0.4) is 0 Å². The molecule has 5 heteroatoms. The summed E-state index contributed by atoms with van der Waals surface area (Å²) in [5.74, 6) is 0.719. The molecule has 0 aliphatic carbocycles. The fourth-order valence-corrected chi connectivity index (χ4v) is 1.89. The number of benzene rings is 1. The number of aromatic nitrogens is 2. The number of hydrogen-bond donors (Lipinski definition) is 2. The van der Waals surface area contributed by atoms with Crippen LogP contribution in [0.1, 0.15) is 27.4 Å². The Labute approximate surface area is 124 Å². The fraction of sp³-hybridized carbons (Fsp3) is 0.312. The van der Waals surface area contributed by atoms with Crippen molar-refractivity contribution in [2.24, 2.45) is 0 Å². The van der Waals surface area contributed by atoms with Gasteiger partial charge in [0.2, 0.25) is 0 Å². The molecule has 2 N–H and O–H groups in total. The minimum absolute atomic E-state index is 0.0466. The number of nitrogens with zero attached hydrogens (tertiary/aromatic N) is 2. The van der Waals surface area contributed by atoms with Crippen LogP contribution in [-0.4, -0.2) is 29.0 Å². The van der Waals surface area contributed by atoms with Crippen molar-refractivity contribution >= 4 is 5.91 Å². The predicted molar refractivity (Wildman–Crippen MR) is 82.0 cm³/mol. The van der Waals surface area contributed by atoms with Crippen LogP contribution in [-0.2, 0) is 6.54 Å².